The summed E-state index contributed by atoms with van der Waals surface area (Å²) in [6.45, 7) is 3.12. The zero-order valence-electron chi connectivity index (χ0n) is 20.6. The van der Waals surface area contributed by atoms with E-state index in [9.17, 15) is 39.0 Å². The van der Waals surface area contributed by atoms with E-state index in [4.69, 9.17) is 17.2 Å². The Hall–Kier alpha value is -4.20. The van der Waals surface area contributed by atoms with Gasteiger partial charge in [0.05, 0.1) is 12.5 Å². The van der Waals surface area contributed by atoms with Gasteiger partial charge in [-0.05, 0) is 30.0 Å². The number of hydrogen-bond acceptors (Lipinski definition) is 8. The molecular formula is C23H34N6O8. The number of primary amides is 2. The number of phenols is 1. The van der Waals surface area contributed by atoms with Crippen LogP contribution in [0.3, 0.4) is 0 Å². The number of hydrogen-bond donors (Lipinski definition) is 8. The minimum Gasteiger partial charge on any atom is -0.508 e. The summed E-state index contributed by atoms with van der Waals surface area (Å²) in [5.74, 6) is -6.07. The van der Waals surface area contributed by atoms with Crippen LogP contribution in [-0.4, -0.2) is 69.9 Å². The first-order valence-electron chi connectivity index (χ1n) is 11.4. The molecule has 11 N–H and O–H groups in total. The van der Waals surface area contributed by atoms with Crippen molar-refractivity contribution in [1.82, 2.24) is 16.0 Å². The molecule has 0 saturated heterocycles. The van der Waals surface area contributed by atoms with E-state index < -0.39 is 72.0 Å². The highest BCUT2D eigenvalue weighted by Crippen LogP contribution is 2.12. The Morgan fingerprint density at radius 1 is 0.838 bits per heavy atom. The molecule has 1 aromatic carbocycles. The molecule has 37 heavy (non-hydrogen) atoms. The highest BCUT2D eigenvalue weighted by molar-refractivity contribution is 5.96. The van der Waals surface area contributed by atoms with Crippen molar-refractivity contribution in [1.29, 1.82) is 0 Å². The molecule has 1 rings (SSSR count). The molecule has 0 spiro atoms. The lowest BCUT2D eigenvalue weighted by molar-refractivity contribution is -0.143. The minimum atomic E-state index is -1.53. The van der Waals surface area contributed by atoms with Crippen molar-refractivity contribution in [3.8, 4) is 5.75 Å². The fourth-order valence-electron chi connectivity index (χ4n) is 3.23. The number of rotatable bonds is 15. The van der Waals surface area contributed by atoms with E-state index in [1.54, 1.807) is 13.8 Å². The summed E-state index contributed by atoms with van der Waals surface area (Å²) < 4.78 is 0. The molecule has 4 unspecified atom stereocenters. The third-order valence-corrected chi connectivity index (χ3v) is 5.32. The number of carboxylic acids is 1. The number of carbonyl (C=O) groups is 6. The number of amides is 5. The van der Waals surface area contributed by atoms with Gasteiger partial charge < -0.3 is 43.4 Å². The predicted octanol–water partition coefficient (Wildman–Crippen LogP) is -2.40. The fraction of sp³-hybridized carbons (Fsp3) is 0.478. The standard InChI is InChI=1S/C23H34N6O8/c1-11(2)19(23(36)37)29-22(35)16(10-18(26)32)28-21(34)15(9-12-3-5-13(30)6-4-12)27-20(33)14(24)7-8-17(25)31/h3-6,11,14-16,19,30H,7-10,24H2,1-2H3,(H2,25,31)(H2,26,32)(H,27,33)(H,28,34)(H,29,35)(H,36,37). The Labute approximate surface area is 213 Å². The quantitative estimate of drug-likeness (QED) is 0.122. The van der Waals surface area contributed by atoms with Crippen LogP contribution in [0.15, 0.2) is 24.3 Å². The number of benzene rings is 1. The van der Waals surface area contributed by atoms with Crippen LogP contribution in [0.2, 0.25) is 0 Å². The van der Waals surface area contributed by atoms with E-state index >= 15 is 0 Å². The predicted molar refractivity (Wildman–Crippen MR) is 130 cm³/mol. The van der Waals surface area contributed by atoms with Gasteiger partial charge in [-0.25, -0.2) is 4.79 Å². The first-order valence-corrected chi connectivity index (χ1v) is 11.4. The van der Waals surface area contributed by atoms with Crippen LogP contribution >= 0.6 is 0 Å². The van der Waals surface area contributed by atoms with Crippen molar-refractivity contribution < 1.29 is 39.0 Å². The summed E-state index contributed by atoms with van der Waals surface area (Å²) in [5.41, 5.74) is 16.6. The van der Waals surface area contributed by atoms with E-state index in [1.807, 2.05) is 0 Å². The van der Waals surface area contributed by atoms with Crippen molar-refractivity contribution in [2.24, 2.45) is 23.1 Å². The zero-order valence-corrected chi connectivity index (χ0v) is 20.6. The Morgan fingerprint density at radius 3 is 1.86 bits per heavy atom. The molecule has 0 radical (unpaired) electrons. The second-order valence-electron chi connectivity index (χ2n) is 8.84. The van der Waals surface area contributed by atoms with Gasteiger partial charge in [0, 0.05) is 12.8 Å². The smallest absolute Gasteiger partial charge is 0.326 e. The summed E-state index contributed by atoms with van der Waals surface area (Å²) in [7, 11) is 0. The van der Waals surface area contributed by atoms with Crippen LogP contribution in [0.5, 0.6) is 5.75 Å². The molecule has 0 saturated carbocycles. The number of carbonyl (C=O) groups excluding carboxylic acids is 5. The number of aliphatic carboxylic acids is 1. The number of phenolic OH excluding ortho intramolecular Hbond substituents is 1. The molecule has 14 nitrogen and oxygen atoms in total. The van der Waals surface area contributed by atoms with Crippen LogP contribution < -0.4 is 33.2 Å². The molecule has 5 amide bonds. The largest absolute Gasteiger partial charge is 0.508 e. The summed E-state index contributed by atoms with van der Waals surface area (Å²) in [6, 6.07) is 0.432. The summed E-state index contributed by atoms with van der Waals surface area (Å²) >= 11 is 0. The first kappa shape index (κ1) is 30.8. The molecular weight excluding hydrogens is 488 g/mol. The Morgan fingerprint density at radius 2 is 1.38 bits per heavy atom. The molecule has 14 heteroatoms. The summed E-state index contributed by atoms with van der Waals surface area (Å²) in [5, 5.41) is 25.9. The van der Waals surface area contributed by atoms with Crippen LogP contribution in [0, 0.1) is 5.92 Å². The fourth-order valence-corrected chi connectivity index (χ4v) is 3.23. The van der Waals surface area contributed by atoms with Gasteiger partial charge in [0.2, 0.25) is 29.5 Å². The molecule has 4 atom stereocenters. The van der Waals surface area contributed by atoms with Crippen LogP contribution in [0.25, 0.3) is 0 Å². The maximum Gasteiger partial charge on any atom is 0.326 e. The lowest BCUT2D eigenvalue weighted by atomic mass is 10.0. The summed E-state index contributed by atoms with van der Waals surface area (Å²) in [6.07, 6.45) is -0.979. The Bertz CT molecular complexity index is 997. The number of nitrogens with two attached hydrogens (primary N) is 3. The van der Waals surface area contributed by atoms with E-state index in [1.165, 1.54) is 24.3 Å². The molecule has 0 aliphatic heterocycles. The normalized spacial score (nSPS) is 14.1. The molecule has 0 heterocycles. The SMILES string of the molecule is CC(C)C(NC(=O)C(CC(N)=O)NC(=O)C(Cc1ccc(O)cc1)NC(=O)C(N)CCC(N)=O)C(=O)O. The second kappa shape index (κ2) is 14.4. The van der Waals surface area contributed by atoms with Gasteiger partial charge >= 0.3 is 5.97 Å². The Balaban J connectivity index is 3.14. The monoisotopic (exact) mass is 522 g/mol. The van der Waals surface area contributed by atoms with Gasteiger partial charge in [-0.15, -0.1) is 0 Å². The molecule has 0 aliphatic rings. The van der Waals surface area contributed by atoms with Gasteiger partial charge in [-0.1, -0.05) is 26.0 Å². The number of nitrogens with one attached hydrogen (secondary N) is 3. The highest BCUT2D eigenvalue weighted by Gasteiger charge is 2.32. The topological polar surface area (TPSA) is 257 Å². The van der Waals surface area contributed by atoms with Gasteiger partial charge in [0.15, 0.2) is 0 Å². The average molecular weight is 523 g/mol. The van der Waals surface area contributed by atoms with Crippen molar-refractivity contribution in [2.45, 2.75) is 63.7 Å². The van der Waals surface area contributed by atoms with E-state index in [0.717, 1.165) is 0 Å². The van der Waals surface area contributed by atoms with Crippen molar-refractivity contribution in [2.75, 3.05) is 0 Å². The molecule has 204 valence electrons. The molecule has 1 aromatic rings. The van der Waals surface area contributed by atoms with Crippen molar-refractivity contribution >= 4 is 35.5 Å². The maximum atomic E-state index is 13.2. The van der Waals surface area contributed by atoms with Crippen molar-refractivity contribution in [3.63, 3.8) is 0 Å². The van der Waals surface area contributed by atoms with Gasteiger partial charge in [0.1, 0.15) is 23.9 Å². The number of aromatic hydroxyl groups is 1. The molecule has 0 aromatic heterocycles. The highest BCUT2D eigenvalue weighted by atomic mass is 16.4. The van der Waals surface area contributed by atoms with Gasteiger partial charge in [-0.2, -0.15) is 0 Å². The van der Waals surface area contributed by atoms with E-state index in [0.29, 0.717) is 5.56 Å². The van der Waals surface area contributed by atoms with Gasteiger partial charge in [-0.3, -0.25) is 24.0 Å². The minimum absolute atomic E-state index is 0.0291. The van der Waals surface area contributed by atoms with Gasteiger partial charge in [0.25, 0.3) is 0 Å². The lowest BCUT2D eigenvalue weighted by Gasteiger charge is -2.25. The average Bonchev–Trinajstić information content (AvgIpc) is 2.80. The third kappa shape index (κ3) is 10.9. The van der Waals surface area contributed by atoms with Crippen LogP contribution in [-0.2, 0) is 35.2 Å². The molecule has 0 fully saturated rings. The molecule has 0 aliphatic carbocycles. The first-order chi connectivity index (χ1) is 17.2. The lowest BCUT2D eigenvalue weighted by Crippen LogP contribution is -2.58. The summed E-state index contributed by atoms with van der Waals surface area (Å²) in [4.78, 5) is 72.5. The second-order valence-corrected chi connectivity index (χ2v) is 8.84. The van der Waals surface area contributed by atoms with Crippen molar-refractivity contribution in [3.05, 3.63) is 29.8 Å². The van der Waals surface area contributed by atoms with Crippen LogP contribution in [0.1, 0.15) is 38.7 Å². The molecule has 0 bridgehead atoms. The van der Waals surface area contributed by atoms with E-state index in [-0.39, 0.29) is 25.0 Å². The Kier molecular flexibility index (Phi) is 12.0. The zero-order chi connectivity index (χ0) is 28.3. The number of carboxylic acid groups (broad SMARTS) is 1. The maximum absolute atomic E-state index is 13.2. The third-order valence-electron chi connectivity index (χ3n) is 5.32. The van der Waals surface area contributed by atoms with Crippen LogP contribution in [0.4, 0.5) is 0 Å². The van der Waals surface area contributed by atoms with E-state index in [2.05, 4.69) is 16.0 Å².